The zero-order chi connectivity index (χ0) is 7.90. The molecule has 1 spiro atoms. The van der Waals surface area contributed by atoms with Crippen molar-refractivity contribution in [3.8, 4) is 0 Å². The van der Waals surface area contributed by atoms with Crippen LogP contribution in [0.15, 0.2) is 0 Å². The van der Waals surface area contributed by atoms with Gasteiger partial charge >= 0.3 is 0 Å². The van der Waals surface area contributed by atoms with Crippen LogP contribution in [0.2, 0.25) is 0 Å². The summed E-state index contributed by atoms with van der Waals surface area (Å²) in [5.74, 6) is 0.941. The van der Waals surface area contributed by atoms with Crippen molar-refractivity contribution in [3.05, 3.63) is 0 Å². The number of rotatable bonds is 0. The Hall–Kier alpha value is -0.220. The minimum absolute atomic E-state index is 0.108. The van der Waals surface area contributed by atoms with E-state index < -0.39 is 0 Å². The van der Waals surface area contributed by atoms with Gasteiger partial charge in [-0.15, -0.1) is 11.8 Å². The monoisotopic (exact) mass is 172 g/mol. The Kier molecular flexibility index (Phi) is 1.61. The summed E-state index contributed by atoms with van der Waals surface area (Å²) in [7, 11) is 1.91. The molecule has 4 heteroatoms. The zero-order valence-electron chi connectivity index (χ0n) is 6.59. The van der Waals surface area contributed by atoms with Crippen molar-refractivity contribution in [1.29, 1.82) is 0 Å². The molecule has 1 amide bonds. The molecule has 2 rings (SSSR count). The van der Waals surface area contributed by atoms with Crippen LogP contribution in [0.4, 0.5) is 0 Å². The third kappa shape index (κ3) is 0.964. The molecule has 0 bridgehead atoms. The molecule has 0 aromatic rings. The number of hydrogen-bond acceptors (Lipinski definition) is 3. The van der Waals surface area contributed by atoms with Crippen molar-refractivity contribution < 1.29 is 4.79 Å². The Morgan fingerprint density at radius 3 is 3.00 bits per heavy atom. The highest BCUT2D eigenvalue weighted by Gasteiger charge is 2.45. The second kappa shape index (κ2) is 2.38. The molecule has 2 aliphatic rings. The van der Waals surface area contributed by atoms with E-state index in [1.54, 1.807) is 11.8 Å². The molecule has 1 N–H and O–H groups in total. The van der Waals surface area contributed by atoms with Crippen LogP contribution < -0.4 is 5.32 Å². The van der Waals surface area contributed by atoms with Crippen molar-refractivity contribution >= 4 is 17.7 Å². The third-order valence-corrected chi connectivity index (χ3v) is 4.09. The quantitative estimate of drug-likeness (QED) is 0.553. The molecule has 2 saturated heterocycles. The highest BCUT2D eigenvalue weighted by molar-refractivity contribution is 8.01. The molecule has 0 saturated carbocycles. The average molecular weight is 172 g/mol. The molecular weight excluding hydrogens is 160 g/mol. The zero-order valence-corrected chi connectivity index (χ0v) is 7.41. The topological polar surface area (TPSA) is 32.3 Å². The Bertz CT molecular complexity index is 189. The van der Waals surface area contributed by atoms with Crippen molar-refractivity contribution in [3.63, 3.8) is 0 Å². The summed E-state index contributed by atoms with van der Waals surface area (Å²) in [5, 5.41) is 3.29. The summed E-state index contributed by atoms with van der Waals surface area (Å²) in [5.41, 5.74) is 0. The van der Waals surface area contributed by atoms with E-state index in [-0.39, 0.29) is 10.8 Å². The first-order valence-corrected chi connectivity index (χ1v) is 4.84. The van der Waals surface area contributed by atoms with E-state index in [0.717, 1.165) is 19.5 Å². The lowest BCUT2D eigenvalue weighted by atomic mass is 10.2. The molecule has 0 aliphatic carbocycles. The van der Waals surface area contributed by atoms with Crippen molar-refractivity contribution in [2.75, 3.05) is 25.9 Å². The SMILES string of the molecule is CN1C(=O)CS[C@]12CCNC2. The largest absolute Gasteiger partial charge is 0.329 e. The maximum atomic E-state index is 11.2. The molecule has 2 heterocycles. The van der Waals surface area contributed by atoms with Gasteiger partial charge in [0.25, 0.3) is 0 Å². The van der Waals surface area contributed by atoms with E-state index in [2.05, 4.69) is 5.32 Å². The van der Waals surface area contributed by atoms with Crippen LogP contribution in [0.3, 0.4) is 0 Å². The molecular formula is C7H12N2OS. The van der Waals surface area contributed by atoms with Crippen LogP contribution >= 0.6 is 11.8 Å². The number of likely N-dealkylation sites (N-methyl/N-ethyl adjacent to an activating group) is 1. The molecule has 0 aromatic heterocycles. The summed E-state index contributed by atoms with van der Waals surface area (Å²) in [6, 6.07) is 0. The highest BCUT2D eigenvalue weighted by Crippen LogP contribution is 2.39. The molecule has 3 nitrogen and oxygen atoms in total. The lowest BCUT2D eigenvalue weighted by Crippen LogP contribution is -2.42. The number of carbonyl (C=O) groups is 1. The lowest BCUT2D eigenvalue weighted by molar-refractivity contribution is -0.128. The predicted molar refractivity (Wildman–Crippen MR) is 45.4 cm³/mol. The van der Waals surface area contributed by atoms with Crippen LogP contribution in [0, 0.1) is 0 Å². The summed E-state index contributed by atoms with van der Waals surface area (Å²) in [6.07, 6.45) is 1.10. The number of carbonyl (C=O) groups excluding carboxylic acids is 1. The third-order valence-electron chi connectivity index (χ3n) is 2.54. The fraction of sp³-hybridized carbons (Fsp3) is 0.857. The van der Waals surface area contributed by atoms with E-state index in [1.807, 2.05) is 11.9 Å². The second-order valence-electron chi connectivity index (χ2n) is 3.11. The minimum atomic E-state index is 0.108. The first-order valence-electron chi connectivity index (χ1n) is 3.86. The molecule has 0 unspecified atom stereocenters. The minimum Gasteiger partial charge on any atom is -0.329 e. The number of hydrogen-bond donors (Lipinski definition) is 1. The van der Waals surface area contributed by atoms with Crippen LogP contribution in [-0.4, -0.2) is 41.6 Å². The Labute approximate surface area is 70.5 Å². The molecule has 2 fully saturated rings. The first kappa shape index (κ1) is 7.43. The number of amides is 1. The molecule has 62 valence electrons. The summed E-state index contributed by atoms with van der Waals surface area (Å²) >= 11 is 1.78. The maximum absolute atomic E-state index is 11.2. The number of thioether (sulfide) groups is 1. The van der Waals surface area contributed by atoms with Crippen LogP contribution in [0.1, 0.15) is 6.42 Å². The average Bonchev–Trinajstić information content (AvgIpc) is 2.56. The molecule has 0 aromatic carbocycles. The van der Waals surface area contributed by atoms with E-state index in [0.29, 0.717) is 5.75 Å². The summed E-state index contributed by atoms with van der Waals surface area (Å²) < 4.78 is 0. The van der Waals surface area contributed by atoms with Crippen LogP contribution in [0.5, 0.6) is 0 Å². The molecule has 11 heavy (non-hydrogen) atoms. The van der Waals surface area contributed by atoms with Gasteiger partial charge in [-0.1, -0.05) is 0 Å². The maximum Gasteiger partial charge on any atom is 0.233 e. The van der Waals surface area contributed by atoms with Crippen LogP contribution in [0.25, 0.3) is 0 Å². The van der Waals surface area contributed by atoms with E-state index >= 15 is 0 Å². The Balaban J connectivity index is 2.19. The fourth-order valence-electron chi connectivity index (χ4n) is 1.68. The van der Waals surface area contributed by atoms with E-state index in [9.17, 15) is 4.79 Å². The predicted octanol–water partition coefficient (Wildman–Crippen LogP) is -0.119. The summed E-state index contributed by atoms with van der Waals surface area (Å²) in [6.45, 7) is 2.00. The van der Waals surface area contributed by atoms with Gasteiger partial charge in [-0.3, -0.25) is 4.79 Å². The number of nitrogens with one attached hydrogen (secondary N) is 1. The van der Waals surface area contributed by atoms with Gasteiger partial charge in [0.05, 0.1) is 5.75 Å². The van der Waals surface area contributed by atoms with Gasteiger partial charge in [0.15, 0.2) is 0 Å². The van der Waals surface area contributed by atoms with Gasteiger partial charge in [0, 0.05) is 13.6 Å². The van der Waals surface area contributed by atoms with Crippen molar-refractivity contribution in [2.45, 2.75) is 11.3 Å². The number of nitrogens with zero attached hydrogens (tertiary/aromatic N) is 1. The van der Waals surface area contributed by atoms with Gasteiger partial charge in [0.1, 0.15) is 4.87 Å². The molecule has 1 atom stereocenters. The Morgan fingerprint density at radius 2 is 2.55 bits per heavy atom. The molecule has 2 aliphatic heterocycles. The summed E-state index contributed by atoms with van der Waals surface area (Å²) in [4.78, 5) is 13.2. The smallest absolute Gasteiger partial charge is 0.233 e. The van der Waals surface area contributed by atoms with Gasteiger partial charge in [0.2, 0.25) is 5.91 Å². The van der Waals surface area contributed by atoms with Gasteiger partial charge in [-0.2, -0.15) is 0 Å². The van der Waals surface area contributed by atoms with E-state index in [4.69, 9.17) is 0 Å². The highest BCUT2D eigenvalue weighted by atomic mass is 32.2. The van der Waals surface area contributed by atoms with Crippen molar-refractivity contribution in [2.24, 2.45) is 0 Å². The molecule has 0 radical (unpaired) electrons. The van der Waals surface area contributed by atoms with E-state index in [1.165, 1.54) is 0 Å². The van der Waals surface area contributed by atoms with Gasteiger partial charge < -0.3 is 10.2 Å². The fourth-order valence-corrected chi connectivity index (χ4v) is 3.01. The second-order valence-corrected chi connectivity index (χ2v) is 4.45. The Morgan fingerprint density at radius 1 is 1.73 bits per heavy atom. The van der Waals surface area contributed by atoms with Crippen molar-refractivity contribution in [1.82, 2.24) is 10.2 Å². The normalized spacial score (nSPS) is 37.5. The standard InChI is InChI=1S/C7H12N2OS/c1-9-6(10)4-11-7(9)2-3-8-5-7/h8H,2-5H2,1H3/t7-/m0/s1. The van der Waals surface area contributed by atoms with Crippen LogP contribution in [-0.2, 0) is 4.79 Å². The lowest BCUT2D eigenvalue weighted by Gasteiger charge is -2.29. The van der Waals surface area contributed by atoms with Gasteiger partial charge in [-0.25, -0.2) is 0 Å². The first-order chi connectivity index (χ1) is 5.25. The van der Waals surface area contributed by atoms with Gasteiger partial charge in [-0.05, 0) is 13.0 Å².